The van der Waals surface area contributed by atoms with Crippen molar-refractivity contribution < 1.29 is 4.42 Å². The highest BCUT2D eigenvalue weighted by Gasteiger charge is 1.74. The Morgan fingerprint density at radius 2 is 2.38 bits per heavy atom. The molecule has 0 aromatic carbocycles. The van der Waals surface area contributed by atoms with Gasteiger partial charge in [0.1, 0.15) is 0 Å². The molecule has 0 aliphatic rings. The van der Waals surface area contributed by atoms with Gasteiger partial charge in [-0.3, -0.25) is 0 Å². The van der Waals surface area contributed by atoms with Crippen molar-refractivity contribution in [2.24, 2.45) is 0 Å². The number of hydrogen-bond donors (Lipinski definition) is 0. The Morgan fingerprint density at radius 1 is 1.62 bits per heavy atom. The van der Waals surface area contributed by atoms with Gasteiger partial charge < -0.3 is 4.42 Å². The maximum atomic E-state index is 9.99. The van der Waals surface area contributed by atoms with Gasteiger partial charge in [-0.2, -0.15) is 4.98 Å². The van der Waals surface area contributed by atoms with Crippen LogP contribution in [0.25, 0.3) is 0 Å². The molecule has 1 rings (SSSR count). The minimum Gasteiger partial charge on any atom is -0.417 e. The molecule has 3 nitrogen and oxygen atoms in total. The van der Waals surface area contributed by atoms with Gasteiger partial charge in [-0.05, 0) is 6.07 Å². The molecule has 4 heteroatoms. The monoisotopic (exact) mass is 133 g/mol. The first-order valence-corrected chi connectivity index (χ1v) is 1.79. The molecular formula is C4H4ClNO2. The highest BCUT2D eigenvalue weighted by molar-refractivity contribution is 5.85. The standard InChI is InChI=1S/C4H3NO2.ClH/c6-4-5-2-1-3-7-4;/h1-3H;1H. The summed E-state index contributed by atoms with van der Waals surface area (Å²) in [5, 5.41) is 0. The summed E-state index contributed by atoms with van der Waals surface area (Å²) in [5.41, 5.74) is 0. The van der Waals surface area contributed by atoms with Gasteiger partial charge in [0.15, 0.2) is 0 Å². The summed E-state index contributed by atoms with van der Waals surface area (Å²) in [6.07, 6.45) is 2.67. The number of halogens is 1. The van der Waals surface area contributed by atoms with Crippen molar-refractivity contribution >= 4 is 12.4 Å². The Labute approximate surface area is 51.8 Å². The predicted molar refractivity (Wildman–Crippen MR) is 30.0 cm³/mol. The van der Waals surface area contributed by atoms with Crippen LogP contribution < -0.4 is 5.76 Å². The van der Waals surface area contributed by atoms with Crippen LogP contribution in [0.3, 0.4) is 0 Å². The summed E-state index contributed by atoms with van der Waals surface area (Å²) in [5.74, 6) is -0.553. The summed E-state index contributed by atoms with van der Waals surface area (Å²) in [7, 11) is 0. The second-order valence-electron chi connectivity index (χ2n) is 0.990. The SMILES string of the molecule is Cl.O=c1nccco1. The van der Waals surface area contributed by atoms with E-state index in [1.807, 2.05) is 0 Å². The summed E-state index contributed by atoms with van der Waals surface area (Å²) >= 11 is 0. The molecule has 0 fully saturated rings. The lowest BCUT2D eigenvalue weighted by molar-refractivity contribution is 0.483. The highest BCUT2D eigenvalue weighted by Crippen LogP contribution is 1.67. The maximum absolute atomic E-state index is 9.99. The molecule has 8 heavy (non-hydrogen) atoms. The van der Waals surface area contributed by atoms with E-state index in [4.69, 9.17) is 0 Å². The fourth-order valence-corrected chi connectivity index (χ4v) is 0.267. The van der Waals surface area contributed by atoms with E-state index >= 15 is 0 Å². The molecule has 0 aliphatic carbocycles. The van der Waals surface area contributed by atoms with E-state index < -0.39 is 5.76 Å². The molecule has 0 N–H and O–H groups in total. The smallest absolute Gasteiger partial charge is 0.417 e. The molecule has 0 spiro atoms. The average Bonchev–Trinajstić information content (AvgIpc) is 1.69. The van der Waals surface area contributed by atoms with Gasteiger partial charge in [0.2, 0.25) is 0 Å². The van der Waals surface area contributed by atoms with Crippen LogP contribution in [-0.4, -0.2) is 4.98 Å². The van der Waals surface area contributed by atoms with Crippen LogP contribution in [0.1, 0.15) is 0 Å². The Balaban J connectivity index is 0.000000490. The number of hydrogen-bond acceptors (Lipinski definition) is 3. The van der Waals surface area contributed by atoms with Crippen molar-refractivity contribution in [2.75, 3.05) is 0 Å². The van der Waals surface area contributed by atoms with E-state index in [0.717, 1.165) is 0 Å². The lowest BCUT2D eigenvalue weighted by atomic mass is 10.7. The third kappa shape index (κ3) is 1.75. The van der Waals surface area contributed by atoms with Gasteiger partial charge in [0.05, 0.1) is 6.26 Å². The van der Waals surface area contributed by atoms with Crippen molar-refractivity contribution in [1.29, 1.82) is 0 Å². The van der Waals surface area contributed by atoms with E-state index in [1.54, 1.807) is 6.07 Å². The van der Waals surface area contributed by atoms with E-state index in [-0.39, 0.29) is 12.4 Å². The summed E-state index contributed by atoms with van der Waals surface area (Å²) < 4.78 is 4.26. The molecule has 0 bridgehead atoms. The molecule has 0 atom stereocenters. The van der Waals surface area contributed by atoms with Crippen molar-refractivity contribution in [3.8, 4) is 0 Å². The largest absolute Gasteiger partial charge is 0.438 e. The fourth-order valence-electron chi connectivity index (χ4n) is 0.267. The summed E-state index contributed by atoms with van der Waals surface area (Å²) in [4.78, 5) is 13.2. The lowest BCUT2D eigenvalue weighted by Gasteiger charge is -1.71. The lowest BCUT2D eigenvalue weighted by Crippen LogP contribution is -1.98. The number of rotatable bonds is 0. The maximum Gasteiger partial charge on any atom is 0.438 e. The van der Waals surface area contributed by atoms with Gasteiger partial charge in [-0.15, -0.1) is 12.4 Å². The normalized spacial score (nSPS) is 7.50. The fraction of sp³-hybridized carbons (Fsp3) is 0. The summed E-state index contributed by atoms with van der Waals surface area (Å²) in [6.45, 7) is 0. The first-order valence-electron chi connectivity index (χ1n) is 1.79. The molecule has 0 amide bonds. The number of nitrogens with zero attached hydrogens (tertiary/aromatic N) is 1. The van der Waals surface area contributed by atoms with Gasteiger partial charge in [-0.1, -0.05) is 0 Å². The molecular weight excluding hydrogens is 130 g/mol. The molecule has 0 saturated heterocycles. The van der Waals surface area contributed by atoms with Gasteiger partial charge >= 0.3 is 5.76 Å². The van der Waals surface area contributed by atoms with Crippen LogP contribution in [0, 0.1) is 0 Å². The summed E-state index contributed by atoms with van der Waals surface area (Å²) in [6, 6.07) is 1.54. The van der Waals surface area contributed by atoms with Crippen molar-refractivity contribution in [1.82, 2.24) is 4.98 Å². The molecule has 44 valence electrons. The highest BCUT2D eigenvalue weighted by atomic mass is 35.5. The van der Waals surface area contributed by atoms with Gasteiger partial charge in [0, 0.05) is 6.20 Å². The van der Waals surface area contributed by atoms with Crippen LogP contribution in [0.2, 0.25) is 0 Å². The van der Waals surface area contributed by atoms with Crippen molar-refractivity contribution in [3.63, 3.8) is 0 Å². The van der Waals surface area contributed by atoms with E-state index in [1.165, 1.54) is 12.5 Å². The Bertz CT molecular complexity index is 180. The zero-order valence-electron chi connectivity index (χ0n) is 3.90. The van der Waals surface area contributed by atoms with Crippen LogP contribution in [0.15, 0.2) is 27.7 Å². The molecule has 0 unspecified atom stereocenters. The Morgan fingerprint density at radius 3 is 2.62 bits per heavy atom. The van der Waals surface area contributed by atoms with Crippen LogP contribution in [-0.2, 0) is 0 Å². The van der Waals surface area contributed by atoms with Crippen LogP contribution in [0.5, 0.6) is 0 Å². The first-order chi connectivity index (χ1) is 3.39. The van der Waals surface area contributed by atoms with E-state index in [9.17, 15) is 4.79 Å². The zero-order valence-corrected chi connectivity index (χ0v) is 4.72. The van der Waals surface area contributed by atoms with E-state index in [2.05, 4.69) is 9.40 Å². The van der Waals surface area contributed by atoms with Crippen LogP contribution >= 0.6 is 12.4 Å². The third-order valence-corrected chi connectivity index (χ3v) is 0.513. The Hall–Kier alpha value is -0.830. The first kappa shape index (κ1) is 7.17. The van der Waals surface area contributed by atoms with Gasteiger partial charge in [0.25, 0.3) is 0 Å². The molecule has 0 radical (unpaired) electrons. The van der Waals surface area contributed by atoms with Crippen molar-refractivity contribution in [2.45, 2.75) is 0 Å². The van der Waals surface area contributed by atoms with Crippen molar-refractivity contribution in [3.05, 3.63) is 29.1 Å². The molecule has 1 heterocycles. The minimum absolute atomic E-state index is 0. The predicted octanol–water partition coefficient (Wildman–Crippen LogP) is 0.457. The minimum atomic E-state index is -0.553. The average molecular weight is 134 g/mol. The molecule has 0 aliphatic heterocycles. The van der Waals surface area contributed by atoms with Gasteiger partial charge in [-0.25, -0.2) is 4.79 Å². The number of aromatic nitrogens is 1. The molecule has 1 aromatic rings. The third-order valence-electron chi connectivity index (χ3n) is 0.513. The molecule has 0 saturated carbocycles. The van der Waals surface area contributed by atoms with Crippen LogP contribution in [0.4, 0.5) is 0 Å². The molecule has 1 aromatic heterocycles. The second-order valence-corrected chi connectivity index (χ2v) is 0.990. The second kappa shape index (κ2) is 3.21. The Kier molecular flexibility index (Phi) is 2.88. The van der Waals surface area contributed by atoms with E-state index in [0.29, 0.717) is 0 Å². The zero-order chi connectivity index (χ0) is 5.11. The quantitative estimate of drug-likeness (QED) is 0.516. The topological polar surface area (TPSA) is 43.1 Å².